The quantitative estimate of drug-likeness (QED) is 0.900. The van der Waals surface area contributed by atoms with E-state index >= 15 is 0 Å². The van der Waals surface area contributed by atoms with Gasteiger partial charge in [0.05, 0.1) is 18.8 Å². The maximum absolute atomic E-state index is 6.11. The van der Waals surface area contributed by atoms with Gasteiger partial charge in [-0.15, -0.1) is 0 Å². The van der Waals surface area contributed by atoms with Gasteiger partial charge in [0, 0.05) is 6.04 Å². The number of ether oxygens (including phenoxy) is 2. The number of hydrogen-bond acceptors (Lipinski definition) is 3. The van der Waals surface area contributed by atoms with Gasteiger partial charge in [0.15, 0.2) is 0 Å². The van der Waals surface area contributed by atoms with E-state index in [0.717, 1.165) is 31.7 Å². The molecule has 0 saturated carbocycles. The molecule has 1 saturated heterocycles. The summed E-state index contributed by atoms with van der Waals surface area (Å²) in [5.41, 5.74) is 1.37. The molecule has 1 fully saturated rings. The van der Waals surface area contributed by atoms with Crippen molar-refractivity contribution in [3.05, 3.63) is 29.8 Å². The molecule has 4 atom stereocenters. The third-order valence-corrected chi connectivity index (χ3v) is 4.80. The van der Waals surface area contributed by atoms with Crippen LogP contribution < -0.4 is 10.1 Å². The summed E-state index contributed by atoms with van der Waals surface area (Å²) in [7, 11) is 0. The fourth-order valence-corrected chi connectivity index (χ4v) is 3.73. The summed E-state index contributed by atoms with van der Waals surface area (Å²) in [5, 5.41) is 3.66. The molecule has 2 heterocycles. The number of likely N-dealkylation sites (N-methyl/N-ethyl adjacent to an activating group) is 1. The summed E-state index contributed by atoms with van der Waals surface area (Å²) in [5.74, 6) is 1.66. The van der Waals surface area contributed by atoms with E-state index in [0.29, 0.717) is 24.2 Å². The molecule has 2 aliphatic heterocycles. The topological polar surface area (TPSA) is 30.5 Å². The highest BCUT2D eigenvalue weighted by atomic mass is 16.5. The minimum Gasteiger partial charge on any atom is -0.493 e. The lowest BCUT2D eigenvalue weighted by molar-refractivity contribution is 0.0277. The lowest BCUT2D eigenvalue weighted by atomic mass is 9.85. The van der Waals surface area contributed by atoms with Crippen LogP contribution in [0.5, 0.6) is 5.75 Å². The Kier molecular flexibility index (Phi) is 4.81. The Balaban J connectivity index is 1.71. The van der Waals surface area contributed by atoms with Crippen LogP contribution in [-0.4, -0.2) is 31.4 Å². The first-order valence-electron chi connectivity index (χ1n) is 8.38. The zero-order chi connectivity index (χ0) is 14.7. The Hall–Kier alpha value is -1.06. The first-order chi connectivity index (χ1) is 10.3. The highest BCUT2D eigenvalue weighted by Crippen LogP contribution is 2.37. The molecule has 0 aromatic heterocycles. The van der Waals surface area contributed by atoms with Crippen LogP contribution in [0, 0.1) is 0 Å². The minimum absolute atomic E-state index is 0.370. The van der Waals surface area contributed by atoms with Gasteiger partial charge < -0.3 is 14.8 Å². The van der Waals surface area contributed by atoms with Crippen molar-refractivity contribution in [1.82, 2.24) is 5.32 Å². The van der Waals surface area contributed by atoms with E-state index in [1.165, 1.54) is 18.4 Å². The van der Waals surface area contributed by atoms with Crippen LogP contribution in [0.15, 0.2) is 24.3 Å². The van der Waals surface area contributed by atoms with Crippen LogP contribution in [-0.2, 0) is 4.74 Å². The fraction of sp³-hybridized carbons (Fsp3) is 0.667. The number of nitrogens with one attached hydrogen (secondary N) is 1. The van der Waals surface area contributed by atoms with Crippen LogP contribution in [0.1, 0.15) is 51.0 Å². The van der Waals surface area contributed by atoms with E-state index in [4.69, 9.17) is 9.47 Å². The average molecular weight is 289 g/mol. The van der Waals surface area contributed by atoms with Gasteiger partial charge in [-0.25, -0.2) is 0 Å². The smallest absolute Gasteiger partial charge is 0.122 e. The van der Waals surface area contributed by atoms with Gasteiger partial charge in [-0.05, 0) is 56.7 Å². The SMILES string of the molecule is CCNC(CC1CCOc2ccccc21)C1CCC(C)O1. The van der Waals surface area contributed by atoms with Gasteiger partial charge >= 0.3 is 0 Å². The summed E-state index contributed by atoms with van der Waals surface area (Å²) in [4.78, 5) is 0. The van der Waals surface area contributed by atoms with Gasteiger partial charge in [0.1, 0.15) is 5.75 Å². The molecule has 1 N–H and O–H groups in total. The van der Waals surface area contributed by atoms with E-state index in [-0.39, 0.29) is 0 Å². The maximum Gasteiger partial charge on any atom is 0.122 e. The predicted octanol–water partition coefficient (Wildman–Crippen LogP) is 3.49. The van der Waals surface area contributed by atoms with Crippen molar-refractivity contribution >= 4 is 0 Å². The van der Waals surface area contributed by atoms with Crippen molar-refractivity contribution in [2.45, 2.75) is 63.7 Å². The second-order valence-corrected chi connectivity index (χ2v) is 6.33. The Morgan fingerprint density at radius 2 is 2.10 bits per heavy atom. The van der Waals surface area contributed by atoms with Crippen LogP contribution in [0.2, 0.25) is 0 Å². The van der Waals surface area contributed by atoms with Crippen molar-refractivity contribution in [2.24, 2.45) is 0 Å². The van der Waals surface area contributed by atoms with Crippen LogP contribution in [0.25, 0.3) is 0 Å². The maximum atomic E-state index is 6.11. The summed E-state index contributed by atoms with van der Waals surface area (Å²) in [6.07, 6.45) is 5.42. The normalized spacial score (nSPS) is 29.7. The first-order valence-corrected chi connectivity index (χ1v) is 8.38. The zero-order valence-corrected chi connectivity index (χ0v) is 13.2. The van der Waals surface area contributed by atoms with Crippen LogP contribution in [0.3, 0.4) is 0 Å². The fourth-order valence-electron chi connectivity index (χ4n) is 3.73. The van der Waals surface area contributed by atoms with Gasteiger partial charge in [0.2, 0.25) is 0 Å². The van der Waals surface area contributed by atoms with E-state index in [1.54, 1.807) is 0 Å². The molecule has 3 rings (SSSR count). The Labute approximate surface area is 128 Å². The molecule has 0 amide bonds. The Bertz CT molecular complexity index is 462. The minimum atomic E-state index is 0.370. The predicted molar refractivity (Wildman–Crippen MR) is 84.9 cm³/mol. The van der Waals surface area contributed by atoms with E-state index in [2.05, 4.69) is 43.4 Å². The number of hydrogen-bond donors (Lipinski definition) is 1. The molecule has 1 aromatic rings. The van der Waals surface area contributed by atoms with E-state index < -0.39 is 0 Å². The van der Waals surface area contributed by atoms with Crippen molar-refractivity contribution < 1.29 is 9.47 Å². The van der Waals surface area contributed by atoms with Crippen LogP contribution in [0.4, 0.5) is 0 Å². The average Bonchev–Trinajstić information content (AvgIpc) is 2.94. The van der Waals surface area contributed by atoms with Gasteiger partial charge in [-0.2, -0.15) is 0 Å². The Morgan fingerprint density at radius 1 is 1.24 bits per heavy atom. The lowest BCUT2D eigenvalue weighted by Gasteiger charge is -2.32. The molecule has 0 bridgehead atoms. The summed E-state index contributed by atoms with van der Waals surface area (Å²) >= 11 is 0. The molecule has 0 spiro atoms. The van der Waals surface area contributed by atoms with E-state index in [1.807, 2.05) is 0 Å². The summed E-state index contributed by atoms with van der Waals surface area (Å²) in [6, 6.07) is 8.95. The molecule has 3 nitrogen and oxygen atoms in total. The standard InChI is InChI=1S/C18H27NO2/c1-3-19-16(18-9-8-13(2)21-18)12-14-10-11-20-17-7-5-4-6-15(14)17/h4-7,13-14,16,18-19H,3,8-12H2,1-2H3. The number of rotatable bonds is 5. The van der Waals surface area contributed by atoms with Crippen molar-refractivity contribution in [2.75, 3.05) is 13.2 Å². The third kappa shape index (κ3) is 3.41. The molecule has 0 radical (unpaired) electrons. The molecule has 1 aromatic carbocycles. The van der Waals surface area contributed by atoms with E-state index in [9.17, 15) is 0 Å². The van der Waals surface area contributed by atoms with Crippen molar-refractivity contribution in [3.8, 4) is 5.75 Å². The molecule has 3 heteroatoms. The molecular formula is C18H27NO2. The largest absolute Gasteiger partial charge is 0.493 e. The molecule has 21 heavy (non-hydrogen) atoms. The number of benzene rings is 1. The summed E-state index contributed by atoms with van der Waals surface area (Å²) in [6.45, 7) is 6.21. The number of fused-ring (bicyclic) bond motifs is 1. The third-order valence-electron chi connectivity index (χ3n) is 4.80. The number of para-hydroxylation sites is 1. The second-order valence-electron chi connectivity index (χ2n) is 6.33. The highest BCUT2D eigenvalue weighted by molar-refractivity contribution is 5.37. The molecule has 0 aliphatic carbocycles. The molecule has 116 valence electrons. The highest BCUT2D eigenvalue weighted by Gasteiger charge is 2.32. The van der Waals surface area contributed by atoms with Crippen molar-refractivity contribution in [3.63, 3.8) is 0 Å². The second kappa shape index (κ2) is 6.80. The monoisotopic (exact) mass is 289 g/mol. The van der Waals surface area contributed by atoms with Crippen LogP contribution >= 0.6 is 0 Å². The zero-order valence-electron chi connectivity index (χ0n) is 13.2. The first kappa shape index (κ1) is 14.9. The summed E-state index contributed by atoms with van der Waals surface area (Å²) < 4.78 is 11.9. The van der Waals surface area contributed by atoms with Gasteiger partial charge in [0.25, 0.3) is 0 Å². The molecule has 4 unspecified atom stereocenters. The van der Waals surface area contributed by atoms with Crippen molar-refractivity contribution in [1.29, 1.82) is 0 Å². The van der Waals surface area contributed by atoms with Gasteiger partial charge in [-0.1, -0.05) is 25.1 Å². The molecular weight excluding hydrogens is 262 g/mol. The lowest BCUT2D eigenvalue weighted by Crippen LogP contribution is -2.41. The molecule has 2 aliphatic rings. The Morgan fingerprint density at radius 3 is 2.86 bits per heavy atom. The van der Waals surface area contributed by atoms with Gasteiger partial charge in [-0.3, -0.25) is 0 Å².